The van der Waals surface area contributed by atoms with Crippen molar-refractivity contribution in [1.29, 1.82) is 0 Å². The van der Waals surface area contributed by atoms with Crippen LogP contribution < -0.4 is 10.9 Å². The fourth-order valence-corrected chi connectivity index (χ4v) is 3.22. The van der Waals surface area contributed by atoms with E-state index in [1.165, 1.54) is 21.7 Å². The third-order valence-electron chi connectivity index (χ3n) is 4.93. The Labute approximate surface area is 179 Å². The van der Waals surface area contributed by atoms with Crippen LogP contribution in [0.3, 0.4) is 0 Å². The van der Waals surface area contributed by atoms with Crippen molar-refractivity contribution >= 4 is 22.6 Å². The SMILES string of the molecule is CCN(CC(=O)NCc1ccc(F)cc1)C(=O)c1nn(C(C)C)c(=O)c2ccccc12. The number of nitrogens with zero attached hydrogens (tertiary/aromatic N) is 3. The van der Waals surface area contributed by atoms with E-state index in [2.05, 4.69) is 10.4 Å². The van der Waals surface area contributed by atoms with Crippen LogP contribution in [0.15, 0.2) is 53.3 Å². The highest BCUT2D eigenvalue weighted by molar-refractivity contribution is 6.05. The molecule has 0 radical (unpaired) electrons. The van der Waals surface area contributed by atoms with Gasteiger partial charge < -0.3 is 10.2 Å². The van der Waals surface area contributed by atoms with Gasteiger partial charge in [0.2, 0.25) is 5.91 Å². The first-order valence-electron chi connectivity index (χ1n) is 10.1. The molecular weight excluding hydrogens is 399 g/mol. The van der Waals surface area contributed by atoms with Crippen LogP contribution >= 0.6 is 0 Å². The fourth-order valence-electron chi connectivity index (χ4n) is 3.22. The number of fused-ring (bicyclic) bond motifs is 1. The van der Waals surface area contributed by atoms with E-state index < -0.39 is 5.91 Å². The van der Waals surface area contributed by atoms with Crippen molar-refractivity contribution in [2.75, 3.05) is 13.1 Å². The molecule has 2 aromatic carbocycles. The molecule has 7 nitrogen and oxygen atoms in total. The molecule has 0 atom stereocenters. The van der Waals surface area contributed by atoms with E-state index in [0.717, 1.165) is 5.56 Å². The van der Waals surface area contributed by atoms with Gasteiger partial charge in [0.1, 0.15) is 5.82 Å². The van der Waals surface area contributed by atoms with Crippen LogP contribution in [0.5, 0.6) is 0 Å². The number of carbonyl (C=O) groups is 2. The quantitative estimate of drug-likeness (QED) is 0.632. The maximum atomic E-state index is 13.2. The zero-order valence-corrected chi connectivity index (χ0v) is 17.8. The third kappa shape index (κ3) is 4.96. The molecule has 0 fully saturated rings. The molecule has 0 aliphatic heterocycles. The first-order chi connectivity index (χ1) is 14.8. The third-order valence-corrected chi connectivity index (χ3v) is 4.93. The van der Waals surface area contributed by atoms with E-state index in [1.807, 2.05) is 13.8 Å². The van der Waals surface area contributed by atoms with E-state index in [0.29, 0.717) is 17.3 Å². The highest BCUT2D eigenvalue weighted by atomic mass is 19.1. The molecule has 2 amide bonds. The Morgan fingerprint density at radius 1 is 1.10 bits per heavy atom. The molecule has 31 heavy (non-hydrogen) atoms. The summed E-state index contributed by atoms with van der Waals surface area (Å²) >= 11 is 0. The van der Waals surface area contributed by atoms with Crippen LogP contribution in [0.2, 0.25) is 0 Å². The summed E-state index contributed by atoms with van der Waals surface area (Å²) in [7, 11) is 0. The lowest BCUT2D eigenvalue weighted by atomic mass is 10.1. The summed E-state index contributed by atoms with van der Waals surface area (Å²) in [6, 6.07) is 12.4. The fraction of sp³-hybridized carbons (Fsp3) is 0.304. The lowest BCUT2D eigenvalue weighted by molar-refractivity contribution is -0.121. The van der Waals surface area contributed by atoms with Gasteiger partial charge in [-0.1, -0.05) is 30.3 Å². The van der Waals surface area contributed by atoms with Gasteiger partial charge in [0.25, 0.3) is 11.5 Å². The Balaban J connectivity index is 1.82. The molecule has 0 aliphatic carbocycles. The molecule has 162 valence electrons. The first kappa shape index (κ1) is 22.1. The monoisotopic (exact) mass is 424 g/mol. The van der Waals surface area contributed by atoms with Gasteiger partial charge in [0.05, 0.1) is 18.0 Å². The zero-order valence-electron chi connectivity index (χ0n) is 17.8. The molecule has 1 heterocycles. The first-order valence-corrected chi connectivity index (χ1v) is 10.1. The number of amides is 2. The van der Waals surface area contributed by atoms with Gasteiger partial charge in [-0.3, -0.25) is 14.4 Å². The van der Waals surface area contributed by atoms with E-state index in [1.54, 1.807) is 43.3 Å². The smallest absolute Gasteiger partial charge is 0.275 e. The molecule has 3 rings (SSSR count). The number of hydrogen-bond donors (Lipinski definition) is 1. The van der Waals surface area contributed by atoms with Crippen molar-refractivity contribution in [3.63, 3.8) is 0 Å². The van der Waals surface area contributed by atoms with Crippen molar-refractivity contribution < 1.29 is 14.0 Å². The second kappa shape index (κ2) is 9.51. The predicted molar refractivity (Wildman–Crippen MR) is 116 cm³/mol. The molecule has 0 spiro atoms. The predicted octanol–water partition coefficient (Wildman–Crippen LogP) is 2.90. The van der Waals surface area contributed by atoms with Crippen LogP contribution in [0.1, 0.15) is 42.9 Å². The Kier molecular flexibility index (Phi) is 6.79. The highest BCUT2D eigenvalue weighted by Gasteiger charge is 2.23. The Bertz CT molecular complexity index is 1160. The van der Waals surface area contributed by atoms with Crippen LogP contribution in [0.25, 0.3) is 10.8 Å². The molecule has 0 bridgehead atoms. The van der Waals surface area contributed by atoms with Gasteiger partial charge in [0.15, 0.2) is 5.69 Å². The van der Waals surface area contributed by atoms with Gasteiger partial charge >= 0.3 is 0 Å². The molecule has 0 aliphatic rings. The molecule has 3 aromatic rings. The van der Waals surface area contributed by atoms with E-state index in [4.69, 9.17) is 0 Å². The average Bonchev–Trinajstić information content (AvgIpc) is 2.77. The number of nitrogens with one attached hydrogen (secondary N) is 1. The summed E-state index contributed by atoms with van der Waals surface area (Å²) in [5.74, 6) is -1.12. The summed E-state index contributed by atoms with van der Waals surface area (Å²) < 4.78 is 14.3. The minimum atomic E-state index is -0.426. The van der Waals surface area contributed by atoms with Gasteiger partial charge in [-0.05, 0) is 44.5 Å². The van der Waals surface area contributed by atoms with Gasteiger partial charge in [-0.25, -0.2) is 9.07 Å². The number of likely N-dealkylation sites (N-methyl/N-ethyl adjacent to an activating group) is 1. The van der Waals surface area contributed by atoms with Gasteiger partial charge in [-0.15, -0.1) is 0 Å². The maximum absolute atomic E-state index is 13.2. The number of hydrogen-bond acceptors (Lipinski definition) is 4. The maximum Gasteiger partial charge on any atom is 0.275 e. The summed E-state index contributed by atoms with van der Waals surface area (Å²) in [5, 5.41) is 7.92. The molecular formula is C23H25FN4O3. The largest absolute Gasteiger partial charge is 0.350 e. The van der Waals surface area contributed by atoms with Gasteiger partial charge in [-0.2, -0.15) is 5.10 Å². The number of benzene rings is 2. The molecule has 1 N–H and O–H groups in total. The Morgan fingerprint density at radius 2 is 1.74 bits per heavy atom. The van der Waals surface area contributed by atoms with Crippen molar-refractivity contribution in [3.8, 4) is 0 Å². The van der Waals surface area contributed by atoms with E-state index >= 15 is 0 Å². The van der Waals surface area contributed by atoms with Gasteiger partial charge in [0, 0.05) is 18.5 Å². The summed E-state index contributed by atoms with van der Waals surface area (Å²) in [4.78, 5) is 39.7. The van der Waals surface area contributed by atoms with Crippen molar-refractivity contribution in [3.05, 3.63) is 76.0 Å². The van der Waals surface area contributed by atoms with Crippen molar-refractivity contribution in [2.45, 2.75) is 33.4 Å². The number of carbonyl (C=O) groups excluding carboxylic acids is 2. The molecule has 0 unspecified atom stereocenters. The minimum absolute atomic E-state index is 0.136. The number of rotatable bonds is 7. The molecule has 8 heteroatoms. The minimum Gasteiger partial charge on any atom is -0.350 e. The lowest BCUT2D eigenvalue weighted by Crippen LogP contribution is -2.41. The molecule has 0 saturated heterocycles. The van der Waals surface area contributed by atoms with E-state index in [9.17, 15) is 18.8 Å². The van der Waals surface area contributed by atoms with Crippen LogP contribution in [0.4, 0.5) is 4.39 Å². The molecule has 0 saturated carbocycles. The number of halogens is 1. The summed E-state index contributed by atoms with van der Waals surface area (Å²) in [5.41, 5.74) is 0.625. The normalized spacial score (nSPS) is 11.0. The van der Waals surface area contributed by atoms with Crippen molar-refractivity contribution in [2.24, 2.45) is 0 Å². The topological polar surface area (TPSA) is 84.3 Å². The molecule has 1 aromatic heterocycles. The lowest BCUT2D eigenvalue weighted by Gasteiger charge is -2.21. The Hall–Kier alpha value is -3.55. The average molecular weight is 424 g/mol. The van der Waals surface area contributed by atoms with Crippen molar-refractivity contribution in [1.82, 2.24) is 20.0 Å². The summed E-state index contributed by atoms with van der Waals surface area (Å²) in [6.45, 7) is 5.76. The number of aromatic nitrogens is 2. The zero-order chi connectivity index (χ0) is 22.5. The van der Waals surface area contributed by atoms with Crippen LogP contribution in [-0.4, -0.2) is 39.6 Å². The highest BCUT2D eigenvalue weighted by Crippen LogP contribution is 2.16. The second-order valence-corrected chi connectivity index (χ2v) is 7.46. The standard InChI is InChI=1S/C23H25FN4O3/c1-4-27(14-20(29)25-13-16-9-11-17(24)12-10-16)23(31)21-18-7-5-6-8-19(18)22(30)28(26-21)15(2)3/h5-12,15H,4,13-14H2,1-3H3,(H,25,29). The second-order valence-electron chi connectivity index (χ2n) is 7.46. The van der Waals surface area contributed by atoms with E-state index in [-0.39, 0.29) is 42.1 Å². The summed E-state index contributed by atoms with van der Waals surface area (Å²) in [6.07, 6.45) is 0. The van der Waals surface area contributed by atoms with Crippen LogP contribution in [-0.2, 0) is 11.3 Å². The Morgan fingerprint density at radius 3 is 2.35 bits per heavy atom. The van der Waals surface area contributed by atoms with Crippen LogP contribution in [0, 0.1) is 5.82 Å².